The Hall–Kier alpha value is -2.54. The van der Waals surface area contributed by atoms with Crippen LogP contribution >= 0.6 is 11.6 Å². The molecule has 124 valence electrons. The lowest BCUT2D eigenvalue weighted by Gasteiger charge is -2.07. The third-order valence-electron chi connectivity index (χ3n) is 3.26. The fourth-order valence-corrected chi connectivity index (χ4v) is 2.27. The quantitative estimate of drug-likeness (QED) is 0.656. The van der Waals surface area contributed by atoms with Gasteiger partial charge in [-0.05, 0) is 36.4 Å². The topological polar surface area (TPSA) is 43.6 Å². The van der Waals surface area contributed by atoms with E-state index in [0.29, 0.717) is 16.4 Å². The Morgan fingerprint density at radius 3 is 2.50 bits per heavy atom. The van der Waals surface area contributed by atoms with Gasteiger partial charge in [0.2, 0.25) is 0 Å². The van der Waals surface area contributed by atoms with Gasteiger partial charge in [-0.3, -0.25) is 0 Å². The molecule has 2 heterocycles. The summed E-state index contributed by atoms with van der Waals surface area (Å²) in [5, 5.41) is 0.535. The molecule has 8 heteroatoms. The minimum Gasteiger partial charge on any atom is -0.456 e. The first-order chi connectivity index (χ1) is 11.3. The zero-order chi connectivity index (χ0) is 17.3. The molecule has 0 saturated heterocycles. The molecule has 3 rings (SSSR count). The minimum atomic E-state index is -4.44. The number of imidazole rings is 1. The number of esters is 1. The summed E-state index contributed by atoms with van der Waals surface area (Å²) < 4.78 is 44.2. The number of pyridine rings is 1. The number of hydrogen-bond acceptors (Lipinski definition) is 3. The van der Waals surface area contributed by atoms with E-state index in [2.05, 4.69) is 4.98 Å². The molecule has 0 bridgehead atoms. The number of aromatic nitrogens is 2. The van der Waals surface area contributed by atoms with E-state index in [4.69, 9.17) is 16.3 Å². The van der Waals surface area contributed by atoms with Gasteiger partial charge in [0.15, 0.2) is 0 Å². The molecular formula is C16H10ClF3N2O2. The monoisotopic (exact) mass is 354 g/mol. The molecule has 24 heavy (non-hydrogen) atoms. The first-order valence-corrected chi connectivity index (χ1v) is 7.18. The lowest BCUT2D eigenvalue weighted by atomic mass is 10.1. The van der Waals surface area contributed by atoms with Crippen molar-refractivity contribution in [1.29, 1.82) is 0 Å². The van der Waals surface area contributed by atoms with E-state index in [1.807, 2.05) is 0 Å². The Balaban J connectivity index is 1.68. The van der Waals surface area contributed by atoms with Crippen LogP contribution in [0.1, 0.15) is 21.6 Å². The van der Waals surface area contributed by atoms with Gasteiger partial charge >= 0.3 is 12.1 Å². The largest absolute Gasteiger partial charge is 0.456 e. The minimum absolute atomic E-state index is 0.0369. The Morgan fingerprint density at radius 2 is 1.83 bits per heavy atom. The SMILES string of the molecule is O=C(OCc1cn2cc(Cl)ccc2n1)c1ccc(C(F)(F)F)cc1. The van der Waals surface area contributed by atoms with Crippen LogP contribution in [0.2, 0.25) is 5.02 Å². The van der Waals surface area contributed by atoms with Crippen molar-refractivity contribution in [2.24, 2.45) is 0 Å². The van der Waals surface area contributed by atoms with Crippen LogP contribution in [0.25, 0.3) is 5.65 Å². The standard InChI is InChI=1S/C16H10ClF3N2O2/c17-12-5-6-14-21-13(8-22(14)7-12)9-24-15(23)10-1-3-11(4-2-10)16(18,19)20/h1-8H,9H2. The molecule has 0 spiro atoms. The summed E-state index contributed by atoms with van der Waals surface area (Å²) >= 11 is 5.87. The number of ether oxygens (including phenoxy) is 1. The molecule has 3 aromatic rings. The number of benzene rings is 1. The van der Waals surface area contributed by atoms with Crippen LogP contribution in [-0.4, -0.2) is 15.4 Å². The summed E-state index contributed by atoms with van der Waals surface area (Å²) in [6.45, 7) is -0.0981. The molecule has 2 aromatic heterocycles. The van der Waals surface area contributed by atoms with Crippen LogP contribution in [0.4, 0.5) is 13.2 Å². The molecule has 4 nitrogen and oxygen atoms in total. The molecule has 0 fully saturated rings. The van der Waals surface area contributed by atoms with Gasteiger partial charge in [-0.15, -0.1) is 0 Å². The van der Waals surface area contributed by atoms with Crippen molar-refractivity contribution in [3.63, 3.8) is 0 Å². The van der Waals surface area contributed by atoms with E-state index < -0.39 is 17.7 Å². The Labute approximate surface area is 139 Å². The zero-order valence-electron chi connectivity index (χ0n) is 12.0. The summed E-state index contributed by atoms with van der Waals surface area (Å²) in [5.74, 6) is -0.723. The summed E-state index contributed by atoms with van der Waals surface area (Å²) in [7, 11) is 0. The maximum Gasteiger partial charge on any atom is 0.416 e. The molecule has 0 saturated carbocycles. The van der Waals surface area contributed by atoms with E-state index in [1.165, 1.54) is 0 Å². The number of rotatable bonds is 3. The van der Waals surface area contributed by atoms with Gasteiger partial charge in [-0.2, -0.15) is 13.2 Å². The van der Waals surface area contributed by atoms with Crippen LogP contribution in [0, 0.1) is 0 Å². The van der Waals surface area contributed by atoms with Gasteiger partial charge in [-0.1, -0.05) is 11.6 Å². The highest BCUT2D eigenvalue weighted by Crippen LogP contribution is 2.29. The average molecular weight is 355 g/mol. The summed E-state index contributed by atoms with van der Waals surface area (Å²) in [4.78, 5) is 16.1. The van der Waals surface area contributed by atoms with Crippen molar-refractivity contribution in [2.75, 3.05) is 0 Å². The first kappa shape index (κ1) is 16.3. The molecule has 0 aliphatic rings. The predicted octanol–water partition coefficient (Wildman–Crippen LogP) is 4.36. The van der Waals surface area contributed by atoms with Crippen LogP contribution in [-0.2, 0) is 17.5 Å². The highest BCUT2D eigenvalue weighted by molar-refractivity contribution is 6.30. The van der Waals surface area contributed by atoms with Crippen LogP contribution < -0.4 is 0 Å². The third kappa shape index (κ3) is 3.51. The number of halogens is 4. The molecule has 0 radical (unpaired) electrons. The van der Waals surface area contributed by atoms with Crippen molar-refractivity contribution in [1.82, 2.24) is 9.38 Å². The number of alkyl halides is 3. The van der Waals surface area contributed by atoms with Crippen LogP contribution in [0.5, 0.6) is 0 Å². The second-order valence-electron chi connectivity index (χ2n) is 5.00. The number of nitrogens with zero attached hydrogens (tertiary/aromatic N) is 2. The molecule has 0 atom stereocenters. The van der Waals surface area contributed by atoms with E-state index in [-0.39, 0.29) is 12.2 Å². The van der Waals surface area contributed by atoms with Gasteiger partial charge in [0.1, 0.15) is 12.3 Å². The molecule has 0 unspecified atom stereocenters. The molecule has 0 amide bonds. The van der Waals surface area contributed by atoms with E-state index in [0.717, 1.165) is 24.3 Å². The van der Waals surface area contributed by atoms with Gasteiger partial charge in [0.25, 0.3) is 0 Å². The zero-order valence-corrected chi connectivity index (χ0v) is 12.8. The summed E-state index contributed by atoms with van der Waals surface area (Å²) in [6, 6.07) is 7.22. The van der Waals surface area contributed by atoms with E-state index in [9.17, 15) is 18.0 Å². The molecular weight excluding hydrogens is 345 g/mol. The summed E-state index contributed by atoms with van der Waals surface area (Å²) in [6.07, 6.45) is -1.13. The van der Waals surface area contributed by atoms with E-state index >= 15 is 0 Å². The Morgan fingerprint density at radius 1 is 1.12 bits per heavy atom. The molecule has 0 aliphatic carbocycles. The fourth-order valence-electron chi connectivity index (χ4n) is 2.10. The lowest BCUT2D eigenvalue weighted by molar-refractivity contribution is -0.137. The molecule has 0 N–H and O–H groups in total. The summed E-state index contributed by atoms with van der Waals surface area (Å²) in [5.41, 5.74) is 0.351. The van der Waals surface area contributed by atoms with Gasteiger partial charge < -0.3 is 9.14 Å². The van der Waals surface area contributed by atoms with Gasteiger partial charge in [0.05, 0.1) is 21.8 Å². The average Bonchev–Trinajstić information content (AvgIpc) is 2.94. The van der Waals surface area contributed by atoms with Crippen LogP contribution in [0.15, 0.2) is 48.8 Å². The predicted molar refractivity (Wildman–Crippen MR) is 80.8 cm³/mol. The lowest BCUT2D eigenvalue weighted by Crippen LogP contribution is -2.08. The second-order valence-corrected chi connectivity index (χ2v) is 5.43. The van der Waals surface area contributed by atoms with Crippen molar-refractivity contribution < 1.29 is 22.7 Å². The van der Waals surface area contributed by atoms with Crippen molar-refractivity contribution in [3.8, 4) is 0 Å². The van der Waals surface area contributed by atoms with Gasteiger partial charge in [0, 0.05) is 12.4 Å². The normalized spacial score (nSPS) is 11.7. The molecule has 0 aliphatic heterocycles. The number of carbonyl (C=O) groups is 1. The second kappa shape index (κ2) is 6.16. The number of hydrogen-bond donors (Lipinski definition) is 0. The first-order valence-electron chi connectivity index (χ1n) is 6.80. The van der Waals surface area contributed by atoms with Gasteiger partial charge in [-0.25, -0.2) is 9.78 Å². The van der Waals surface area contributed by atoms with Crippen molar-refractivity contribution in [3.05, 3.63) is 70.6 Å². The Bertz CT molecular complexity index is 888. The maximum atomic E-state index is 12.5. The van der Waals surface area contributed by atoms with Crippen LogP contribution in [0.3, 0.4) is 0 Å². The highest BCUT2D eigenvalue weighted by atomic mass is 35.5. The maximum absolute atomic E-state index is 12.5. The van der Waals surface area contributed by atoms with Crippen molar-refractivity contribution >= 4 is 23.2 Å². The fraction of sp³-hybridized carbons (Fsp3) is 0.125. The molecule has 1 aromatic carbocycles. The Kier molecular flexibility index (Phi) is 4.19. The van der Waals surface area contributed by atoms with Crippen molar-refractivity contribution in [2.45, 2.75) is 12.8 Å². The third-order valence-corrected chi connectivity index (χ3v) is 3.49. The number of carbonyl (C=O) groups excluding carboxylic acids is 1. The highest BCUT2D eigenvalue weighted by Gasteiger charge is 2.30. The smallest absolute Gasteiger partial charge is 0.416 e. The van der Waals surface area contributed by atoms with E-state index in [1.54, 1.807) is 28.9 Å². The number of fused-ring (bicyclic) bond motifs is 1.